The summed E-state index contributed by atoms with van der Waals surface area (Å²) in [7, 11) is 1.70. The predicted octanol–water partition coefficient (Wildman–Crippen LogP) is 3.26. The Labute approximate surface area is 124 Å². The first kappa shape index (κ1) is 13.5. The van der Waals surface area contributed by atoms with Crippen molar-refractivity contribution in [2.45, 2.75) is 6.54 Å². The van der Waals surface area contributed by atoms with Crippen LogP contribution < -0.4 is 0 Å². The lowest BCUT2D eigenvalue weighted by atomic mass is 10.0. The summed E-state index contributed by atoms with van der Waals surface area (Å²) in [5.41, 5.74) is 4.41. The molecule has 0 saturated carbocycles. The van der Waals surface area contributed by atoms with Crippen LogP contribution in [0.5, 0.6) is 0 Å². The smallest absolute Gasteiger partial charge is 0.0923 e. The number of pyridine rings is 1. The summed E-state index contributed by atoms with van der Waals surface area (Å²) < 4.78 is 6.97. The van der Waals surface area contributed by atoms with E-state index in [1.807, 2.05) is 41.5 Å². The minimum absolute atomic E-state index is 0.665. The van der Waals surface area contributed by atoms with Gasteiger partial charge in [0.2, 0.25) is 0 Å². The lowest BCUT2D eigenvalue weighted by Gasteiger charge is -2.04. The molecular weight excluding hydrogens is 262 g/mol. The Morgan fingerprint density at radius 2 is 1.81 bits per heavy atom. The Bertz CT molecular complexity index is 707. The fourth-order valence-electron chi connectivity index (χ4n) is 2.23. The number of nitrogens with zero attached hydrogens (tertiary/aromatic N) is 3. The highest BCUT2D eigenvalue weighted by molar-refractivity contribution is 5.70. The van der Waals surface area contributed by atoms with Gasteiger partial charge in [-0.15, -0.1) is 0 Å². The van der Waals surface area contributed by atoms with Gasteiger partial charge in [0.1, 0.15) is 0 Å². The second kappa shape index (κ2) is 6.33. The quantitative estimate of drug-likeness (QED) is 0.719. The summed E-state index contributed by atoms with van der Waals surface area (Å²) in [6.45, 7) is 1.43. The normalized spacial score (nSPS) is 10.7. The number of benzene rings is 1. The van der Waals surface area contributed by atoms with Crippen LogP contribution in [0, 0.1) is 0 Å². The minimum Gasteiger partial charge on any atom is -0.383 e. The molecule has 2 aromatic heterocycles. The molecule has 0 fully saturated rings. The van der Waals surface area contributed by atoms with E-state index in [-0.39, 0.29) is 0 Å². The van der Waals surface area contributed by atoms with Crippen molar-refractivity contribution in [3.8, 4) is 22.4 Å². The van der Waals surface area contributed by atoms with Crippen LogP contribution in [0.1, 0.15) is 0 Å². The fourth-order valence-corrected chi connectivity index (χ4v) is 2.23. The van der Waals surface area contributed by atoms with E-state index in [1.165, 1.54) is 5.56 Å². The van der Waals surface area contributed by atoms with Crippen molar-refractivity contribution in [1.29, 1.82) is 0 Å². The second-order valence-electron chi connectivity index (χ2n) is 4.77. The Hall–Kier alpha value is -2.46. The zero-order chi connectivity index (χ0) is 14.5. The highest BCUT2D eigenvalue weighted by Crippen LogP contribution is 2.24. The lowest BCUT2D eigenvalue weighted by molar-refractivity contribution is 0.183. The van der Waals surface area contributed by atoms with E-state index in [1.54, 1.807) is 7.11 Å². The molecule has 0 atom stereocenters. The van der Waals surface area contributed by atoms with Crippen LogP contribution in [0.3, 0.4) is 0 Å². The number of methoxy groups -OCH3 is 1. The van der Waals surface area contributed by atoms with Gasteiger partial charge in [0.15, 0.2) is 0 Å². The molecule has 21 heavy (non-hydrogen) atoms. The molecule has 0 N–H and O–H groups in total. The third-order valence-electron chi connectivity index (χ3n) is 3.34. The van der Waals surface area contributed by atoms with Crippen LogP contribution in [-0.4, -0.2) is 28.5 Å². The number of hydrogen-bond acceptors (Lipinski definition) is 3. The molecule has 0 aliphatic rings. The summed E-state index contributed by atoms with van der Waals surface area (Å²) in [4.78, 5) is 4.06. The Morgan fingerprint density at radius 1 is 1.00 bits per heavy atom. The number of rotatable bonds is 5. The average molecular weight is 279 g/mol. The van der Waals surface area contributed by atoms with Crippen molar-refractivity contribution in [2.24, 2.45) is 0 Å². The van der Waals surface area contributed by atoms with E-state index >= 15 is 0 Å². The first-order valence-corrected chi connectivity index (χ1v) is 6.90. The van der Waals surface area contributed by atoms with Gasteiger partial charge >= 0.3 is 0 Å². The Morgan fingerprint density at radius 3 is 2.62 bits per heavy atom. The zero-order valence-electron chi connectivity index (χ0n) is 11.9. The summed E-state index contributed by atoms with van der Waals surface area (Å²) >= 11 is 0. The monoisotopic (exact) mass is 279 g/mol. The van der Waals surface area contributed by atoms with Crippen LogP contribution in [0.25, 0.3) is 22.4 Å². The molecule has 0 unspecified atom stereocenters. The predicted molar refractivity (Wildman–Crippen MR) is 82.8 cm³/mol. The third kappa shape index (κ3) is 3.17. The molecule has 0 amide bonds. The van der Waals surface area contributed by atoms with Gasteiger partial charge in [0, 0.05) is 31.3 Å². The van der Waals surface area contributed by atoms with Gasteiger partial charge in [0.25, 0.3) is 0 Å². The van der Waals surface area contributed by atoms with E-state index in [0.29, 0.717) is 6.61 Å². The van der Waals surface area contributed by atoms with E-state index < -0.39 is 0 Å². The Balaban J connectivity index is 1.88. The molecule has 3 rings (SSSR count). The molecule has 0 spiro atoms. The molecule has 3 aromatic rings. The SMILES string of the molecule is COCCn1ccc(-c2cccc(-c3ccncc3)c2)n1. The van der Waals surface area contributed by atoms with Gasteiger partial charge in [-0.1, -0.05) is 18.2 Å². The summed E-state index contributed by atoms with van der Waals surface area (Å²) in [6, 6.07) is 14.4. The number of hydrogen-bond donors (Lipinski definition) is 0. The van der Waals surface area contributed by atoms with Crippen LogP contribution in [-0.2, 0) is 11.3 Å². The molecule has 4 heteroatoms. The maximum absolute atomic E-state index is 5.07. The number of aromatic nitrogens is 3. The molecule has 106 valence electrons. The van der Waals surface area contributed by atoms with Gasteiger partial charge in [-0.2, -0.15) is 5.10 Å². The summed E-state index contributed by atoms with van der Waals surface area (Å²) in [6.07, 6.45) is 5.59. The Kier molecular flexibility index (Phi) is 4.07. The lowest BCUT2D eigenvalue weighted by Crippen LogP contribution is -2.04. The number of ether oxygens (including phenoxy) is 1. The van der Waals surface area contributed by atoms with Crippen molar-refractivity contribution >= 4 is 0 Å². The standard InChI is InChI=1S/C17H17N3O/c1-21-12-11-20-10-7-17(19-20)16-4-2-3-15(13-16)14-5-8-18-9-6-14/h2-10,13H,11-12H2,1H3. The molecule has 0 aliphatic heterocycles. The van der Waals surface area contributed by atoms with Crippen LogP contribution in [0.2, 0.25) is 0 Å². The van der Waals surface area contributed by atoms with Crippen molar-refractivity contribution in [2.75, 3.05) is 13.7 Å². The fraction of sp³-hybridized carbons (Fsp3) is 0.176. The molecule has 2 heterocycles. The highest BCUT2D eigenvalue weighted by Gasteiger charge is 2.04. The van der Waals surface area contributed by atoms with E-state index in [2.05, 4.69) is 34.3 Å². The molecule has 0 aliphatic carbocycles. The zero-order valence-corrected chi connectivity index (χ0v) is 11.9. The molecule has 1 aromatic carbocycles. The van der Waals surface area contributed by atoms with E-state index in [9.17, 15) is 0 Å². The third-order valence-corrected chi connectivity index (χ3v) is 3.34. The first-order chi connectivity index (χ1) is 10.4. The van der Waals surface area contributed by atoms with Crippen molar-refractivity contribution in [3.63, 3.8) is 0 Å². The highest BCUT2D eigenvalue weighted by atomic mass is 16.5. The molecular formula is C17H17N3O. The van der Waals surface area contributed by atoms with Gasteiger partial charge in [-0.05, 0) is 35.4 Å². The topological polar surface area (TPSA) is 39.9 Å². The minimum atomic E-state index is 0.665. The summed E-state index contributed by atoms with van der Waals surface area (Å²) in [5.74, 6) is 0. The van der Waals surface area contributed by atoms with Gasteiger partial charge in [-0.25, -0.2) is 0 Å². The van der Waals surface area contributed by atoms with E-state index in [0.717, 1.165) is 23.4 Å². The van der Waals surface area contributed by atoms with Crippen LogP contribution in [0.15, 0.2) is 61.1 Å². The maximum atomic E-state index is 5.07. The largest absolute Gasteiger partial charge is 0.383 e. The van der Waals surface area contributed by atoms with Crippen molar-refractivity contribution in [3.05, 3.63) is 61.1 Å². The van der Waals surface area contributed by atoms with E-state index in [4.69, 9.17) is 4.74 Å². The first-order valence-electron chi connectivity index (χ1n) is 6.90. The van der Waals surface area contributed by atoms with Crippen LogP contribution in [0.4, 0.5) is 0 Å². The summed E-state index contributed by atoms with van der Waals surface area (Å²) in [5, 5.41) is 4.58. The van der Waals surface area contributed by atoms with Gasteiger partial charge < -0.3 is 4.74 Å². The molecule has 0 saturated heterocycles. The van der Waals surface area contributed by atoms with Gasteiger partial charge in [-0.3, -0.25) is 9.67 Å². The van der Waals surface area contributed by atoms with Crippen LogP contribution >= 0.6 is 0 Å². The van der Waals surface area contributed by atoms with Crippen molar-refractivity contribution in [1.82, 2.24) is 14.8 Å². The molecule has 0 radical (unpaired) electrons. The average Bonchev–Trinajstić information content (AvgIpc) is 3.03. The van der Waals surface area contributed by atoms with Crippen molar-refractivity contribution < 1.29 is 4.74 Å². The molecule has 4 nitrogen and oxygen atoms in total. The maximum Gasteiger partial charge on any atom is 0.0923 e. The second-order valence-corrected chi connectivity index (χ2v) is 4.77. The molecule has 0 bridgehead atoms. The van der Waals surface area contributed by atoms with Gasteiger partial charge in [0.05, 0.1) is 18.8 Å².